The van der Waals surface area contributed by atoms with Crippen LogP contribution >= 0.6 is 0 Å². The topological polar surface area (TPSA) is 124 Å². The van der Waals surface area contributed by atoms with Crippen LogP contribution in [0.15, 0.2) is 0 Å². The van der Waals surface area contributed by atoms with Gasteiger partial charge in [0, 0.05) is 24.3 Å². The lowest BCUT2D eigenvalue weighted by molar-refractivity contribution is -0.143. The number of nitrogens with zero attached hydrogens (tertiary/aromatic N) is 1. The fraction of sp³-hybridized carbons (Fsp3) is 0.852. The fourth-order valence-corrected chi connectivity index (χ4v) is 7.66. The molecule has 1 heterocycles. The first-order valence-corrected chi connectivity index (χ1v) is 13.1. The second kappa shape index (κ2) is 8.14. The van der Waals surface area contributed by atoms with Crippen molar-refractivity contribution < 1.29 is 19.2 Å². The van der Waals surface area contributed by atoms with Crippen molar-refractivity contribution in [2.75, 3.05) is 6.54 Å². The van der Waals surface area contributed by atoms with Gasteiger partial charge in [-0.3, -0.25) is 19.2 Å². The molecule has 1 saturated heterocycles. The quantitative estimate of drug-likeness (QED) is 0.525. The molecule has 1 aliphatic heterocycles. The molecule has 190 valence electrons. The number of carbonyl (C=O) groups is 4. The molecule has 7 heteroatoms. The van der Waals surface area contributed by atoms with Gasteiger partial charge in [0.15, 0.2) is 5.78 Å². The van der Waals surface area contributed by atoms with E-state index in [4.69, 9.17) is 11.5 Å². The second-order valence-electron chi connectivity index (χ2n) is 13.3. The van der Waals surface area contributed by atoms with Crippen LogP contribution in [0.3, 0.4) is 0 Å². The lowest BCUT2D eigenvalue weighted by Gasteiger charge is -2.34. The smallest absolute Gasteiger partial charge is 0.285 e. The zero-order valence-corrected chi connectivity index (χ0v) is 21.6. The van der Waals surface area contributed by atoms with Crippen LogP contribution in [-0.4, -0.2) is 46.9 Å². The molecule has 0 bridgehead atoms. The summed E-state index contributed by atoms with van der Waals surface area (Å²) in [6, 6.07) is -1.31. The summed E-state index contributed by atoms with van der Waals surface area (Å²) in [7, 11) is 0. The van der Waals surface area contributed by atoms with Crippen LogP contribution in [0.25, 0.3) is 0 Å². The summed E-state index contributed by atoms with van der Waals surface area (Å²) >= 11 is 0. The Labute approximate surface area is 203 Å². The maximum absolute atomic E-state index is 13.8. The maximum atomic E-state index is 13.8. The number of fused-ring (bicyclic) bond motifs is 1. The average molecular weight is 474 g/mol. The second-order valence-corrected chi connectivity index (χ2v) is 13.3. The highest BCUT2D eigenvalue weighted by Crippen LogP contribution is 2.88. The summed E-state index contributed by atoms with van der Waals surface area (Å²) < 4.78 is 0. The lowest BCUT2D eigenvalue weighted by Crippen LogP contribution is -2.53. The van der Waals surface area contributed by atoms with Gasteiger partial charge in [0.1, 0.15) is 0 Å². The van der Waals surface area contributed by atoms with Crippen molar-refractivity contribution in [3.8, 4) is 0 Å². The summed E-state index contributed by atoms with van der Waals surface area (Å²) in [4.78, 5) is 53.4. The standard InChI is InChI=1S/C27H43N3O4/c1-24(2,3)21(28)23(34)30-15-27(25(4,5)26(27)10-7-11-26)14-18(30)19(31)13-17(20(32)22(29)33)12-16-8-6-9-16/h16-18,21H,6-15,28H2,1-5H3,(H2,29,33)/t17?,18-,21+,27+/m0/s1. The largest absolute Gasteiger partial charge is 0.363 e. The molecule has 1 unspecified atom stereocenters. The van der Waals surface area contributed by atoms with Crippen LogP contribution < -0.4 is 11.5 Å². The molecule has 0 aromatic rings. The van der Waals surface area contributed by atoms with Crippen LogP contribution in [0.5, 0.6) is 0 Å². The third-order valence-electron chi connectivity index (χ3n) is 10.6. The minimum absolute atomic E-state index is 0.0268. The molecule has 4 aliphatic rings. The third kappa shape index (κ3) is 3.56. The monoisotopic (exact) mass is 473 g/mol. The molecule has 34 heavy (non-hydrogen) atoms. The first-order chi connectivity index (χ1) is 15.7. The van der Waals surface area contributed by atoms with Gasteiger partial charge in [0.25, 0.3) is 5.91 Å². The van der Waals surface area contributed by atoms with E-state index in [1.54, 1.807) is 4.90 Å². The van der Waals surface area contributed by atoms with Gasteiger partial charge >= 0.3 is 0 Å². The molecule has 4 atom stereocenters. The molecular formula is C27H43N3O4. The molecule has 0 aromatic carbocycles. The van der Waals surface area contributed by atoms with E-state index in [2.05, 4.69) is 13.8 Å². The molecular weight excluding hydrogens is 430 g/mol. The van der Waals surface area contributed by atoms with Crippen molar-refractivity contribution in [2.45, 2.75) is 104 Å². The van der Waals surface area contributed by atoms with E-state index in [1.165, 1.54) is 6.42 Å². The van der Waals surface area contributed by atoms with Crippen LogP contribution in [0.2, 0.25) is 0 Å². The fourth-order valence-electron chi connectivity index (χ4n) is 7.66. The Bertz CT molecular complexity index is 896. The summed E-state index contributed by atoms with van der Waals surface area (Å²) in [5, 5.41) is 0. The van der Waals surface area contributed by atoms with Gasteiger partial charge < -0.3 is 16.4 Å². The van der Waals surface area contributed by atoms with Crippen molar-refractivity contribution in [1.82, 2.24) is 4.90 Å². The maximum Gasteiger partial charge on any atom is 0.285 e. The van der Waals surface area contributed by atoms with Gasteiger partial charge in [-0.05, 0) is 47.8 Å². The van der Waals surface area contributed by atoms with Gasteiger partial charge in [-0.15, -0.1) is 0 Å². The minimum Gasteiger partial charge on any atom is -0.363 e. The molecule has 2 spiro atoms. The molecule has 4 N–H and O–H groups in total. The first kappa shape index (κ1) is 25.3. The molecule has 2 amide bonds. The van der Waals surface area contributed by atoms with E-state index in [-0.39, 0.29) is 34.4 Å². The zero-order chi connectivity index (χ0) is 25.3. The minimum atomic E-state index is -0.973. The van der Waals surface area contributed by atoms with Gasteiger partial charge in [-0.1, -0.05) is 60.3 Å². The first-order valence-electron chi connectivity index (χ1n) is 13.1. The number of Topliss-reactive ketones (excluding diaryl/α,β-unsaturated/α-hetero) is 2. The SMILES string of the molecule is CC(C)(C)[C@H](N)C(=O)N1C[C@]2(C[C@H]1C(=O)CC(CC1CCC1)C(=O)C(N)=O)C(C)(C)C21CCC1. The number of hydrogen-bond donors (Lipinski definition) is 2. The zero-order valence-electron chi connectivity index (χ0n) is 21.6. The van der Waals surface area contributed by atoms with Crippen molar-refractivity contribution in [2.24, 2.45) is 45.0 Å². The Morgan fingerprint density at radius 2 is 1.65 bits per heavy atom. The number of primary amides is 1. The van der Waals surface area contributed by atoms with Crippen LogP contribution in [0, 0.1) is 33.5 Å². The summed E-state index contributed by atoms with van der Waals surface area (Å²) in [6.45, 7) is 10.9. The van der Waals surface area contributed by atoms with Crippen molar-refractivity contribution in [3.63, 3.8) is 0 Å². The highest BCUT2D eigenvalue weighted by molar-refractivity contribution is 6.36. The predicted octanol–water partition coefficient (Wildman–Crippen LogP) is 2.98. The van der Waals surface area contributed by atoms with Crippen LogP contribution in [0.1, 0.15) is 92.4 Å². The molecule has 7 nitrogen and oxygen atoms in total. The Balaban J connectivity index is 1.60. The van der Waals surface area contributed by atoms with E-state index in [0.29, 0.717) is 25.3 Å². The molecule has 3 aliphatic carbocycles. The number of nitrogens with two attached hydrogens (primary N) is 2. The highest BCUT2D eigenvalue weighted by atomic mass is 16.2. The number of ketones is 2. The van der Waals surface area contributed by atoms with E-state index in [0.717, 1.165) is 32.1 Å². The third-order valence-corrected chi connectivity index (χ3v) is 10.6. The van der Waals surface area contributed by atoms with Crippen LogP contribution in [0.4, 0.5) is 0 Å². The molecule has 0 radical (unpaired) electrons. The highest BCUT2D eigenvalue weighted by Gasteiger charge is 2.85. The Kier molecular flexibility index (Phi) is 6.07. The Hall–Kier alpha value is -1.76. The summed E-state index contributed by atoms with van der Waals surface area (Å²) in [5.41, 5.74) is 11.5. The lowest BCUT2D eigenvalue weighted by atomic mass is 9.73. The molecule has 4 rings (SSSR count). The summed E-state index contributed by atoms with van der Waals surface area (Å²) in [5.74, 6) is -2.26. The van der Waals surface area contributed by atoms with Crippen molar-refractivity contribution in [1.29, 1.82) is 0 Å². The number of hydrogen-bond acceptors (Lipinski definition) is 5. The Morgan fingerprint density at radius 3 is 2.06 bits per heavy atom. The number of carbonyl (C=O) groups excluding carboxylic acids is 4. The molecule has 4 fully saturated rings. The van der Waals surface area contributed by atoms with E-state index in [1.807, 2.05) is 20.8 Å². The van der Waals surface area contributed by atoms with Gasteiger partial charge in [-0.2, -0.15) is 0 Å². The summed E-state index contributed by atoms with van der Waals surface area (Å²) in [6.07, 6.45) is 7.74. The number of amides is 2. The van der Waals surface area contributed by atoms with E-state index >= 15 is 0 Å². The number of rotatable bonds is 8. The van der Waals surface area contributed by atoms with Crippen molar-refractivity contribution >= 4 is 23.4 Å². The predicted molar refractivity (Wildman–Crippen MR) is 129 cm³/mol. The Morgan fingerprint density at radius 1 is 1.03 bits per heavy atom. The van der Waals surface area contributed by atoms with Gasteiger partial charge in [0.05, 0.1) is 12.1 Å². The number of likely N-dealkylation sites (tertiary alicyclic amines) is 1. The van der Waals surface area contributed by atoms with E-state index in [9.17, 15) is 19.2 Å². The van der Waals surface area contributed by atoms with Gasteiger partial charge in [-0.25, -0.2) is 0 Å². The normalized spacial score (nSPS) is 31.0. The van der Waals surface area contributed by atoms with E-state index < -0.39 is 35.1 Å². The van der Waals surface area contributed by atoms with Crippen LogP contribution in [-0.2, 0) is 19.2 Å². The molecule has 0 aromatic heterocycles. The van der Waals surface area contributed by atoms with Gasteiger partial charge in [0.2, 0.25) is 11.7 Å². The van der Waals surface area contributed by atoms with Crippen molar-refractivity contribution in [3.05, 3.63) is 0 Å². The average Bonchev–Trinajstić information content (AvgIpc) is 2.94. The molecule has 3 saturated carbocycles.